The molecule has 108 valence electrons. The highest BCUT2D eigenvalue weighted by Crippen LogP contribution is 2.23. The van der Waals surface area contributed by atoms with Gasteiger partial charge in [0, 0.05) is 13.6 Å². The minimum absolute atomic E-state index is 0.0700. The van der Waals surface area contributed by atoms with Crippen LogP contribution in [-0.4, -0.2) is 31.4 Å². The zero-order chi connectivity index (χ0) is 14.8. The molecule has 0 aliphatic carbocycles. The number of benzene rings is 1. The highest BCUT2D eigenvalue weighted by atomic mass is 32.2. The molecule has 0 aliphatic heterocycles. The number of aliphatic hydroxyl groups is 1. The lowest BCUT2D eigenvalue weighted by atomic mass is 10.2. The molecule has 0 radical (unpaired) electrons. The third-order valence-corrected chi connectivity index (χ3v) is 4.46. The number of rotatable bonds is 5. The zero-order valence-corrected chi connectivity index (χ0v) is 11.8. The van der Waals surface area contributed by atoms with Gasteiger partial charge in [-0.25, -0.2) is 21.5 Å². The molecule has 1 aromatic rings. The molecule has 0 fully saturated rings. The maximum absolute atomic E-state index is 13.9. The molecule has 1 N–H and O–H groups in total. The van der Waals surface area contributed by atoms with E-state index in [4.69, 9.17) is 5.11 Å². The van der Waals surface area contributed by atoms with E-state index in [-0.39, 0.29) is 12.5 Å². The molecular formula is C12H17F2NO3S. The Morgan fingerprint density at radius 3 is 2.37 bits per heavy atom. The summed E-state index contributed by atoms with van der Waals surface area (Å²) in [5.41, 5.74) is -0.640. The van der Waals surface area contributed by atoms with Crippen LogP contribution in [0.1, 0.15) is 19.4 Å². The van der Waals surface area contributed by atoms with Gasteiger partial charge in [0.25, 0.3) is 0 Å². The second-order valence-electron chi connectivity index (χ2n) is 4.68. The van der Waals surface area contributed by atoms with Crippen molar-refractivity contribution in [3.8, 4) is 0 Å². The van der Waals surface area contributed by atoms with Crippen LogP contribution in [0.25, 0.3) is 0 Å². The monoisotopic (exact) mass is 293 g/mol. The standard InChI is InChI=1S/C12H17F2NO3S/c1-8(2)6-15(3)19(17,18)11-5-4-10(13)9(7-16)12(11)14/h4-5,8,16H,6-7H2,1-3H3. The van der Waals surface area contributed by atoms with Crippen LogP contribution in [-0.2, 0) is 16.6 Å². The van der Waals surface area contributed by atoms with Crippen LogP contribution in [0, 0.1) is 17.6 Å². The van der Waals surface area contributed by atoms with Crippen LogP contribution in [0.2, 0.25) is 0 Å². The topological polar surface area (TPSA) is 57.6 Å². The van der Waals surface area contributed by atoms with Gasteiger partial charge >= 0.3 is 0 Å². The number of hydrogen-bond donors (Lipinski definition) is 1. The van der Waals surface area contributed by atoms with E-state index in [1.807, 2.05) is 13.8 Å². The highest BCUT2D eigenvalue weighted by molar-refractivity contribution is 7.89. The predicted molar refractivity (Wildman–Crippen MR) is 66.9 cm³/mol. The van der Waals surface area contributed by atoms with E-state index in [1.54, 1.807) is 0 Å². The van der Waals surface area contributed by atoms with E-state index in [9.17, 15) is 17.2 Å². The van der Waals surface area contributed by atoms with Crippen LogP contribution >= 0.6 is 0 Å². The zero-order valence-electron chi connectivity index (χ0n) is 11.0. The van der Waals surface area contributed by atoms with Crippen LogP contribution in [0.4, 0.5) is 8.78 Å². The Kier molecular flexibility index (Phi) is 5.00. The Morgan fingerprint density at radius 2 is 1.89 bits per heavy atom. The van der Waals surface area contributed by atoms with Crippen molar-refractivity contribution in [3.63, 3.8) is 0 Å². The second kappa shape index (κ2) is 5.94. The maximum Gasteiger partial charge on any atom is 0.245 e. The first-order chi connectivity index (χ1) is 8.71. The molecule has 1 aromatic carbocycles. The van der Waals surface area contributed by atoms with Gasteiger partial charge in [-0.15, -0.1) is 0 Å². The van der Waals surface area contributed by atoms with E-state index < -0.39 is 38.7 Å². The first-order valence-electron chi connectivity index (χ1n) is 5.75. The minimum atomic E-state index is -4.03. The first-order valence-corrected chi connectivity index (χ1v) is 7.19. The van der Waals surface area contributed by atoms with Crippen molar-refractivity contribution in [3.05, 3.63) is 29.3 Å². The van der Waals surface area contributed by atoms with E-state index in [2.05, 4.69) is 0 Å². The third kappa shape index (κ3) is 3.29. The molecule has 0 atom stereocenters. The fourth-order valence-corrected chi connectivity index (χ4v) is 3.12. The lowest BCUT2D eigenvalue weighted by Gasteiger charge is -2.20. The Morgan fingerprint density at radius 1 is 1.32 bits per heavy atom. The molecule has 0 spiro atoms. The van der Waals surface area contributed by atoms with Crippen molar-refractivity contribution in [2.75, 3.05) is 13.6 Å². The van der Waals surface area contributed by atoms with E-state index in [0.29, 0.717) is 0 Å². The molecule has 0 aliphatic rings. The van der Waals surface area contributed by atoms with E-state index in [1.165, 1.54) is 7.05 Å². The third-order valence-electron chi connectivity index (χ3n) is 2.62. The van der Waals surface area contributed by atoms with Gasteiger partial charge in [0.2, 0.25) is 10.0 Å². The normalized spacial score (nSPS) is 12.4. The molecule has 1 rings (SSSR count). The number of sulfonamides is 1. The quantitative estimate of drug-likeness (QED) is 0.899. The van der Waals surface area contributed by atoms with Crippen LogP contribution in [0.5, 0.6) is 0 Å². The van der Waals surface area contributed by atoms with Crippen molar-refractivity contribution >= 4 is 10.0 Å². The largest absolute Gasteiger partial charge is 0.391 e. The molecule has 0 aromatic heterocycles. The summed E-state index contributed by atoms with van der Waals surface area (Å²) in [6, 6.07) is 1.71. The van der Waals surface area contributed by atoms with Gasteiger partial charge in [-0.05, 0) is 18.1 Å². The highest BCUT2D eigenvalue weighted by Gasteiger charge is 2.27. The van der Waals surface area contributed by atoms with E-state index >= 15 is 0 Å². The molecule has 19 heavy (non-hydrogen) atoms. The SMILES string of the molecule is CC(C)CN(C)S(=O)(=O)c1ccc(F)c(CO)c1F. The summed E-state index contributed by atoms with van der Waals surface area (Å²) in [6.45, 7) is 2.97. The maximum atomic E-state index is 13.9. The molecule has 4 nitrogen and oxygen atoms in total. The van der Waals surface area contributed by atoms with Gasteiger partial charge in [-0.3, -0.25) is 0 Å². The van der Waals surface area contributed by atoms with Crippen molar-refractivity contribution < 1.29 is 22.3 Å². The van der Waals surface area contributed by atoms with Crippen LogP contribution in [0.15, 0.2) is 17.0 Å². The summed E-state index contributed by atoms with van der Waals surface area (Å²) in [5.74, 6) is -2.14. The fourth-order valence-electron chi connectivity index (χ4n) is 1.70. The predicted octanol–water partition coefficient (Wildman–Crippen LogP) is 1.73. The molecule has 7 heteroatoms. The lowest BCUT2D eigenvalue weighted by Crippen LogP contribution is -2.31. The molecule has 0 saturated heterocycles. The minimum Gasteiger partial charge on any atom is -0.391 e. The summed E-state index contributed by atoms with van der Waals surface area (Å²) in [6.07, 6.45) is 0. The second-order valence-corrected chi connectivity index (χ2v) is 6.69. The fraction of sp³-hybridized carbons (Fsp3) is 0.500. The average molecular weight is 293 g/mol. The molecule has 0 unspecified atom stereocenters. The number of aliphatic hydroxyl groups excluding tert-OH is 1. The molecule has 0 saturated carbocycles. The van der Waals surface area contributed by atoms with Gasteiger partial charge in [0.1, 0.15) is 10.7 Å². The van der Waals surface area contributed by atoms with Gasteiger partial charge in [0.05, 0.1) is 12.2 Å². The van der Waals surface area contributed by atoms with Crippen molar-refractivity contribution in [2.45, 2.75) is 25.3 Å². The molecular weight excluding hydrogens is 276 g/mol. The Labute approximate surface area is 111 Å². The van der Waals surface area contributed by atoms with Gasteiger partial charge in [0.15, 0.2) is 5.82 Å². The van der Waals surface area contributed by atoms with Crippen molar-refractivity contribution in [1.82, 2.24) is 4.31 Å². The summed E-state index contributed by atoms with van der Waals surface area (Å²) in [7, 11) is -2.70. The number of hydrogen-bond acceptors (Lipinski definition) is 3. The number of nitrogens with zero attached hydrogens (tertiary/aromatic N) is 1. The Balaban J connectivity index is 3.30. The molecule has 0 bridgehead atoms. The molecule has 0 heterocycles. The number of halogens is 2. The summed E-state index contributed by atoms with van der Waals surface area (Å²) in [4.78, 5) is -0.624. The van der Waals surface area contributed by atoms with Gasteiger partial charge in [-0.2, -0.15) is 0 Å². The van der Waals surface area contributed by atoms with Gasteiger partial charge < -0.3 is 5.11 Å². The van der Waals surface area contributed by atoms with Crippen LogP contribution in [0.3, 0.4) is 0 Å². The lowest BCUT2D eigenvalue weighted by molar-refractivity contribution is 0.267. The van der Waals surface area contributed by atoms with Gasteiger partial charge in [-0.1, -0.05) is 13.8 Å². The summed E-state index contributed by atoms with van der Waals surface area (Å²) >= 11 is 0. The smallest absolute Gasteiger partial charge is 0.245 e. The van der Waals surface area contributed by atoms with Crippen LogP contribution < -0.4 is 0 Å². The average Bonchev–Trinajstić information content (AvgIpc) is 2.28. The van der Waals surface area contributed by atoms with Crippen molar-refractivity contribution in [2.24, 2.45) is 5.92 Å². The first kappa shape index (κ1) is 16.0. The summed E-state index contributed by atoms with van der Waals surface area (Å²) in [5, 5.41) is 8.89. The van der Waals surface area contributed by atoms with E-state index in [0.717, 1.165) is 16.4 Å². The summed E-state index contributed by atoms with van der Waals surface area (Å²) < 4.78 is 52.5. The molecule has 0 amide bonds. The van der Waals surface area contributed by atoms with Crippen molar-refractivity contribution in [1.29, 1.82) is 0 Å². The Bertz CT molecular complexity index is 558. The Hall–Kier alpha value is -1.05.